The molecule has 0 spiro atoms. The first kappa shape index (κ1) is 14.0. The van der Waals surface area contributed by atoms with Crippen LogP contribution in [0.2, 0.25) is 0 Å². The number of fused-ring (bicyclic) bond motifs is 2. The van der Waals surface area contributed by atoms with Crippen LogP contribution in [-0.4, -0.2) is 42.7 Å². The Morgan fingerprint density at radius 2 is 2.26 bits per heavy atom. The van der Waals surface area contributed by atoms with Crippen molar-refractivity contribution in [2.75, 3.05) is 13.6 Å². The highest BCUT2D eigenvalue weighted by molar-refractivity contribution is 5.69. The number of carbonyl (C=O) groups is 1. The quantitative estimate of drug-likeness (QED) is 0.453. The number of rotatable bonds is 1. The number of ether oxygens (including phenoxy) is 2. The van der Waals surface area contributed by atoms with Gasteiger partial charge >= 0.3 is 5.97 Å². The predicted molar refractivity (Wildman–Crippen MR) is 85.6 cm³/mol. The molecular weight excluding hydrogens is 290 g/mol. The minimum absolute atomic E-state index is 0.143. The molecule has 0 N–H and O–H groups in total. The topological polar surface area (TPSA) is 42.1 Å². The Balaban J connectivity index is 1.66. The average Bonchev–Trinajstić information content (AvgIpc) is 3.31. The summed E-state index contributed by atoms with van der Waals surface area (Å²) in [6.45, 7) is 2.59. The summed E-state index contributed by atoms with van der Waals surface area (Å²) in [7, 11) is 2.27. The molecule has 5 rings (SSSR count). The molecule has 2 aliphatic heterocycles. The van der Waals surface area contributed by atoms with E-state index in [1.54, 1.807) is 0 Å². The number of epoxide rings is 1. The number of benzene rings is 1. The van der Waals surface area contributed by atoms with Crippen molar-refractivity contribution in [3.8, 4) is 5.75 Å². The van der Waals surface area contributed by atoms with E-state index >= 15 is 0 Å². The molecule has 5 atom stereocenters. The van der Waals surface area contributed by atoms with Gasteiger partial charge in [-0.15, -0.1) is 0 Å². The molecule has 4 aliphatic rings. The molecule has 2 heterocycles. The van der Waals surface area contributed by atoms with Gasteiger partial charge in [0.25, 0.3) is 0 Å². The van der Waals surface area contributed by atoms with E-state index in [4.69, 9.17) is 9.47 Å². The Morgan fingerprint density at radius 1 is 1.39 bits per heavy atom. The molecule has 2 saturated heterocycles. The third kappa shape index (κ3) is 1.82. The highest BCUT2D eigenvalue weighted by Gasteiger charge is 2.66. The van der Waals surface area contributed by atoms with E-state index in [2.05, 4.69) is 24.1 Å². The fourth-order valence-electron chi connectivity index (χ4n) is 5.73. The number of nitrogens with zero attached hydrogens (tertiary/aromatic N) is 1. The number of hydrogen-bond acceptors (Lipinski definition) is 4. The first-order valence-corrected chi connectivity index (χ1v) is 8.77. The Labute approximate surface area is 136 Å². The smallest absolute Gasteiger partial charge is 0.308 e. The van der Waals surface area contributed by atoms with E-state index in [0.29, 0.717) is 29.9 Å². The summed E-state index contributed by atoms with van der Waals surface area (Å²) in [5.41, 5.74) is 2.96. The van der Waals surface area contributed by atoms with Crippen molar-refractivity contribution in [2.45, 2.75) is 56.3 Å². The van der Waals surface area contributed by atoms with E-state index < -0.39 is 0 Å². The monoisotopic (exact) mass is 313 g/mol. The molecule has 122 valence electrons. The van der Waals surface area contributed by atoms with Crippen LogP contribution in [-0.2, 0) is 21.4 Å². The zero-order valence-electron chi connectivity index (χ0n) is 13.7. The number of likely N-dealkylation sites (tertiary alicyclic amines) is 1. The van der Waals surface area contributed by atoms with Gasteiger partial charge in [0.15, 0.2) is 0 Å². The van der Waals surface area contributed by atoms with Gasteiger partial charge in [0, 0.05) is 18.4 Å². The van der Waals surface area contributed by atoms with Gasteiger partial charge < -0.3 is 14.4 Å². The van der Waals surface area contributed by atoms with Crippen LogP contribution in [0.1, 0.15) is 37.3 Å². The van der Waals surface area contributed by atoms with Gasteiger partial charge in [-0.05, 0) is 68.5 Å². The third-order valence-corrected chi connectivity index (χ3v) is 6.70. The van der Waals surface area contributed by atoms with Crippen LogP contribution in [0.4, 0.5) is 0 Å². The minimum Gasteiger partial charge on any atom is -0.427 e. The average molecular weight is 313 g/mol. The Hall–Kier alpha value is -1.39. The highest BCUT2D eigenvalue weighted by Crippen LogP contribution is 2.61. The van der Waals surface area contributed by atoms with Crippen molar-refractivity contribution >= 4 is 5.97 Å². The van der Waals surface area contributed by atoms with E-state index in [-0.39, 0.29) is 11.4 Å². The SMILES string of the molecule is CC(=O)Oc1ccc2c(c1)[C@]13CCN(C)[C@H](C2)[C@@H]1CCC1OC13. The second kappa shape index (κ2) is 4.58. The van der Waals surface area contributed by atoms with Gasteiger partial charge in [-0.2, -0.15) is 0 Å². The molecule has 2 aliphatic carbocycles. The lowest BCUT2D eigenvalue weighted by atomic mass is 9.52. The number of esters is 1. The number of likely N-dealkylation sites (N-methyl/N-ethyl adjacent to an activating group) is 1. The van der Waals surface area contributed by atoms with E-state index in [0.717, 1.165) is 19.4 Å². The fraction of sp³-hybridized carbons (Fsp3) is 0.632. The summed E-state index contributed by atoms with van der Waals surface area (Å²) in [6, 6.07) is 6.88. The molecule has 0 radical (unpaired) electrons. The molecule has 0 aromatic heterocycles. The van der Waals surface area contributed by atoms with Gasteiger partial charge in [0.2, 0.25) is 0 Å². The lowest BCUT2D eigenvalue weighted by molar-refractivity contribution is -0.131. The maximum atomic E-state index is 11.3. The largest absolute Gasteiger partial charge is 0.427 e. The first-order chi connectivity index (χ1) is 11.1. The van der Waals surface area contributed by atoms with Crippen LogP contribution in [0, 0.1) is 5.92 Å². The summed E-state index contributed by atoms with van der Waals surface area (Å²) >= 11 is 0. The summed E-state index contributed by atoms with van der Waals surface area (Å²) in [5, 5.41) is 0. The summed E-state index contributed by atoms with van der Waals surface area (Å²) in [4.78, 5) is 13.9. The molecular formula is C19H23NO3. The maximum Gasteiger partial charge on any atom is 0.308 e. The van der Waals surface area contributed by atoms with Crippen molar-refractivity contribution < 1.29 is 14.3 Å². The van der Waals surface area contributed by atoms with Crippen molar-refractivity contribution in [1.29, 1.82) is 0 Å². The van der Waals surface area contributed by atoms with Crippen molar-refractivity contribution in [3.05, 3.63) is 29.3 Å². The Morgan fingerprint density at radius 3 is 3.09 bits per heavy atom. The molecule has 23 heavy (non-hydrogen) atoms. The zero-order valence-corrected chi connectivity index (χ0v) is 13.7. The number of carbonyl (C=O) groups excluding carboxylic acids is 1. The molecule has 1 aromatic rings. The molecule has 1 aromatic carbocycles. The molecule has 1 saturated carbocycles. The first-order valence-electron chi connectivity index (χ1n) is 8.77. The Kier molecular flexibility index (Phi) is 2.79. The van der Waals surface area contributed by atoms with Crippen LogP contribution < -0.4 is 4.74 Å². The van der Waals surface area contributed by atoms with Gasteiger partial charge in [-0.3, -0.25) is 4.79 Å². The molecule has 2 unspecified atom stereocenters. The van der Waals surface area contributed by atoms with Gasteiger partial charge in [-0.25, -0.2) is 0 Å². The second-order valence-electron chi connectivity index (χ2n) is 7.73. The van der Waals surface area contributed by atoms with E-state index in [9.17, 15) is 4.79 Å². The van der Waals surface area contributed by atoms with Crippen LogP contribution >= 0.6 is 0 Å². The predicted octanol–water partition coefficient (Wildman–Crippen LogP) is 2.29. The van der Waals surface area contributed by atoms with Gasteiger partial charge in [-0.1, -0.05) is 6.07 Å². The molecule has 2 bridgehead atoms. The summed E-state index contributed by atoms with van der Waals surface area (Å²) in [5.74, 6) is 1.11. The second-order valence-corrected chi connectivity index (χ2v) is 7.73. The standard InChI is InChI=1S/C19H23NO3/c1-11(21)22-13-4-3-12-9-16-14-5-6-17-18(23-17)19(14,15(12)10-13)7-8-20(16)2/h3-4,10,14,16-18H,5-9H2,1-2H3/t14-,16+,17?,18?,19-/m0/s1. The van der Waals surface area contributed by atoms with Crippen LogP contribution in [0.25, 0.3) is 0 Å². The molecule has 3 fully saturated rings. The molecule has 0 amide bonds. The minimum atomic E-state index is -0.250. The van der Waals surface area contributed by atoms with Crippen LogP contribution in [0.15, 0.2) is 18.2 Å². The van der Waals surface area contributed by atoms with E-state index in [1.807, 2.05) is 6.07 Å². The summed E-state index contributed by atoms with van der Waals surface area (Å²) in [6.07, 6.45) is 5.56. The van der Waals surface area contributed by atoms with Crippen LogP contribution in [0.3, 0.4) is 0 Å². The lowest BCUT2D eigenvalue weighted by Crippen LogP contribution is -2.62. The number of piperidine rings is 1. The van der Waals surface area contributed by atoms with Crippen LogP contribution in [0.5, 0.6) is 5.75 Å². The van der Waals surface area contributed by atoms with Gasteiger partial charge in [0.05, 0.1) is 12.2 Å². The van der Waals surface area contributed by atoms with E-state index in [1.165, 1.54) is 30.9 Å². The van der Waals surface area contributed by atoms with Crippen molar-refractivity contribution in [2.24, 2.45) is 5.92 Å². The normalized spacial score (nSPS) is 40.6. The molecule has 4 heteroatoms. The Bertz CT molecular complexity index is 687. The van der Waals surface area contributed by atoms with Crippen molar-refractivity contribution in [1.82, 2.24) is 4.90 Å². The summed E-state index contributed by atoms with van der Waals surface area (Å²) < 4.78 is 11.5. The number of hydrogen-bond donors (Lipinski definition) is 0. The zero-order chi connectivity index (χ0) is 15.8. The maximum absolute atomic E-state index is 11.3. The van der Waals surface area contributed by atoms with Crippen molar-refractivity contribution in [3.63, 3.8) is 0 Å². The molecule has 4 nitrogen and oxygen atoms in total. The highest BCUT2D eigenvalue weighted by atomic mass is 16.6. The third-order valence-electron chi connectivity index (χ3n) is 6.70. The fourth-order valence-corrected chi connectivity index (χ4v) is 5.73. The lowest BCUT2D eigenvalue weighted by Gasteiger charge is -2.57. The van der Waals surface area contributed by atoms with Gasteiger partial charge in [0.1, 0.15) is 5.75 Å².